The van der Waals surface area contributed by atoms with Crippen LogP contribution >= 0.6 is 0 Å². The van der Waals surface area contributed by atoms with Gasteiger partial charge in [0.05, 0.1) is 12.5 Å². The molecule has 2 atom stereocenters. The van der Waals surface area contributed by atoms with Crippen molar-refractivity contribution >= 4 is 17.8 Å². The molecule has 7 heteroatoms. The Labute approximate surface area is 99.5 Å². The second-order valence-electron chi connectivity index (χ2n) is 4.31. The topological polar surface area (TPSA) is 136 Å². The summed E-state index contributed by atoms with van der Waals surface area (Å²) in [4.78, 5) is 32.9. The van der Waals surface area contributed by atoms with Crippen LogP contribution in [0.5, 0.6) is 0 Å². The van der Waals surface area contributed by atoms with Crippen molar-refractivity contribution < 1.29 is 19.5 Å². The molecule has 0 fully saturated rings. The van der Waals surface area contributed by atoms with Gasteiger partial charge in [0.25, 0.3) is 0 Å². The van der Waals surface area contributed by atoms with Gasteiger partial charge in [-0.3, -0.25) is 9.59 Å². The van der Waals surface area contributed by atoms with Gasteiger partial charge in [0.1, 0.15) is 6.04 Å². The molecule has 0 aliphatic rings. The lowest BCUT2D eigenvalue weighted by Gasteiger charge is -2.17. The van der Waals surface area contributed by atoms with Crippen LogP contribution in [0.15, 0.2) is 0 Å². The molecular weight excluding hydrogens is 226 g/mol. The Balaban J connectivity index is 4.39. The maximum Gasteiger partial charge on any atom is 0.326 e. The maximum absolute atomic E-state index is 11.5. The molecule has 0 aliphatic heterocycles. The van der Waals surface area contributed by atoms with Crippen molar-refractivity contribution in [3.05, 3.63) is 0 Å². The van der Waals surface area contributed by atoms with Crippen LogP contribution in [0.2, 0.25) is 0 Å². The van der Waals surface area contributed by atoms with Crippen LogP contribution in [0, 0.1) is 5.92 Å². The van der Waals surface area contributed by atoms with Crippen molar-refractivity contribution in [1.29, 1.82) is 0 Å². The molecule has 0 aliphatic carbocycles. The summed E-state index contributed by atoms with van der Waals surface area (Å²) in [5, 5.41) is 11.0. The molecule has 0 radical (unpaired) electrons. The number of carboxylic acids is 1. The van der Waals surface area contributed by atoms with Gasteiger partial charge in [-0.1, -0.05) is 13.8 Å². The molecule has 0 spiro atoms. The summed E-state index contributed by atoms with van der Waals surface area (Å²) in [6, 6.07) is -2.11. The molecule has 0 bridgehead atoms. The van der Waals surface area contributed by atoms with E-state index in [0.717, 1.165) is 0 Å². The lowest BCUT2D eigenvalue weighted by Crippen LogP contribution is -2.50. The quantitative estimate of drug-likeness (QED) is 0.447. The molecule has 7 nitrogen and oxygen atoms in total. The van der Waals surface area contributed by atoms with E-state index in [0.29, 0.717) is 6.42 Å². The molecule has 0 aromatic heterocycles. The van der Waals surface area contributed by atoms with Crippen molar-refractivity contribution in [2.45, 2.75) is 38.8 Å². The Hall–Kier alpha value is -1.63. The third-order valence-electron chi connectivity index (χ3n) is 2.08. The minimum absolute atomic E-state index is 0.218. The SMILES string of the molecule is CC(C)C[C@H](N)C(=O)N[C@H](CC(N)=O)C(=O)O. The standard InChI is InChI=1S/C10H19N3O4/c1-5(2)3-6(11)9(15)13-7(10(16)17)4-8(12)14/h5-7H,3-4,11H2,1-2H3,(H2,12,14)(H,13,15)(H,16,17)/t6-,7+/m0/s1. The van der Waals surface area contributed by atoms with Gasteiger partial charge in [-0.25, -0.2) is 4.79 Å². The fourth-order valence-electron chi connectivity index (χ4n) is 1.29. The number of primary amides is 1. The fourth-order valence-corrected chi connectivity index (χ4v) is 1.29. The Morgan fingerprint density at radius 3 is 2.18 bits per heavy atom. The number of carboxylic acid groups (broad SMARTS) is 1. The van der Waals surface area contributed by atoms with E-state index >= 15 is 0 Å². The summed E-state index contributed by atoms with van der Waals surface area (Å²) in [6.07, 6.45) is -0.00971. The lowest BCUT2D eigenvalue weighted by atomic mass is 10.0. The first kappa shape index (κ1) is 15.4. The number of nitrogens with two attached hydrogens (primary N) is 2. The van der Waals surface area contributed by atoms with E-state index in [9.17, 15) is 14.4 Å². The van der Waals surface area contributed by atoms with Crippen LogP contribution in [0.1, 0.15) is 26.7 Å². The number of carbonyl (C=O) groups excluding carboxylic acids is 2. The van der Waals surface area contributed by atoms with Crippen LogP contribution in [0.4, 0.5) is 0 Å². The van der Waals surface area contributed by atoms with Crippen LogP contribution < -0.4 is 16.8 Å². The average Bonchev–Trinajstić information content (AvgIpc) is 2.14. The number of aliphatic carboxylic acids is 1. The third-order valence-corrected chi connectivity index (χ3v) is 2.08. The minimum Gasteiger partial charge on any atom is -0.480 e. The van der Waals surface area contributed by atoms with E-state index < -0.39 is 36.3 Å². The zero-order valence-corrected chi connectivity index (χ0v) is 9.97. The van der Waals surface area contributed by atoms with Gasteiger partial charge in [0.2, 0.25) is 11.8 Å². The molecule has 0 aromatic carbocycles. The molecule has 98 valence electrons. The van der Waals surface area contributed by atoms with Crippen molar-refractivity contribution in [3.8, 4) is 0 Å². The first-order chi connectivity index (χ1) is 7.73. The molecule has 0 saturated carbocycles. The lowest BCUT2D eigenvalue weighted by molar-refractivity contribution is -0.143. The molecule has 2 amide bonds. The highest BCUT2D eigenvalue weighted by molar-refractivity contribution is 5.89. The van der Waals surface area contributed by atoms with Crippen molar-refractivity contribution in [1.82, 2.24) is 5.32 Å². The summed E-state index contributed by atoms with van der Waals surface area (Å²) in [5.74, 6) is -2.48. The summed E-state index contributed by atoms with van der Waals surface area (Å²) in [6.45, 7) is 3.79. The zero-order chi connectivity index (χ0) is 13.6. The number of carbonyl (C=O) groups is 3. The van der Waals surface area contributed by atoms with E-state index in [2.05, 4.69) is 5.32 Å². The molecule has 0 saturated heterocycles. The van der Waals surface area contributed by atoms with E-state index in [1.165, 1.54) is 0 Å². The second kappa shape index (κ2) is 6.85. The fraction of sp³-hybridized carbons (Fsp3) is 0.700. The minimum atomic E-state index is -1.32. The highest BCUT2D eigenvalue weighted by Crippen LogP contribution is 2.03. The van der Waals surface area contributed by atoms with Crippen LogP contribution in [-0.4, -0.2) is 35.0 Å². The summed E-state index contributed by atoms with van der Waals surface area (Å²) in [5.41, 5.74) is 10.5. The number of amides is 2. The predicted molar refractivity (Wildman–Crippen MR) is 60.8 cm³/mol. The van der Waals surface area contributed by atoms with Gasteiger partial charge >= 0.3 is 5.97 Å². The molecule has 0 aromatic rings. The molecule has 0 rings (SSSR count). The van der Waals surface area contributed by atoms with Gasteiger partial charge < -0.3 is 21.9 Å². The Morgan fingerprint density at radius 1 is 1.29 bits per heavy atom. The first-order valence-electron chi connectivity index (χ1n) is 5.31. The monoisotopic (exact) mass is 245 g/mol. The summed E-state index contributed by atoms with van der Waals surface area (Å²) in [7, 11) is 0. The van der Waals surface area contributed by atoms with Crippen molar-refractivity contribution in [2.75, 3.05) is 0 Å². The number of nitrogens with one attached hydrogen (secondary N) is 1. The second-order valence-corrected chi connectivity index (χ2v) is 4.31. The first-order valence-corrected chi connectivity index (χ1v) is 5.31. The van der Waals surface area contributed by atoms with Crippen molar-refractivity contribution in [2.24, 2.45) is 17.4 Å². The Morgan fingerprint density at radius 2 is 1.82 bits per heavy atom. The number of hydrogen-bond donors (Lipinski definition) is 4. The van der Waals surface area contributed by atoms with Crippen LogP contribution in [-0.2, 0) is 14.4 Å². The van der Waals surface area contributed by atoms with E-state index in [1.54, 1.807) is 0 Å². The Kier molecular flexibility index (Phi) is 6.19. The average molecular weight is 245 g/mol. The maximum atomic E-state index is 11.5. The van der Waals surface area contributed by atoms with Gasteiger partial charge in [-0.15, -0.1) is 0 Å². The molecular formula is C10H19N3O4. The molecule has 6 N–H and O–H groups in total. The van der Waals surface area contributed by atoms with E-state index in [1.807, 2.05) is 13.8 Å². The number of rotatable bonds is 7. The van der Waals surface area contributed by atoms with Gasteiger partial charge in [-0.05, 0) is 12.3 Å². The summed E-state index contributed by atoms with van der Waals surface area (Å²) < 4.78 is 0. The van der Waals surface area contributed by atoms with Gasteiger partial charge in [-0.2, -0.15) is 0 Å². The Bertz CT molecular complexity index is 304. The third kappa shape index (κ3) is 6.52. The van der Waals surface area contributed by atoms with Gasteiger partial charge in [0.15, 0.2) is 0 Å². The highest BCUT2D eigenvalue weighted by atomic mass is 16.4. The normalized spacial score (nSPS) is 14.1. The van der Waals surface area contributed by atoms with Crippen LogP contribution in [0.25, 0.3) is 0 Å². The highest BCUT2D eigenvalue weighted by Gasteiger charge is 2.25. The molecule has 0 heterocycles. The molecule has 0 unspecified atom stereocenters. The smallest absolute Gasteiger partial charge is 0.326 e. The van der Waals surface area contributed by atoms with Crippen molar-refractivity contribution in [3.63, 3.8) is 0 Å². The number of hydrogen-bond acceptors (Lipinski definition) is 4. The molecule has 17 heavy (non-hydrogen) atoms. The zero-order valence-electron chi connectivity index (χ0n) is 9.97. The van der Waals surface area contributed by atoms with E-state index in [4.69, 9.17) is 16.6 Å². The predicted octanol–water partition coefficient (Wildman–Crippen LogP) is -1.20. The van der Waals surface area contributed by atoms with E-state index in [-0.39, 0.29) is 5.92 Å². The van der Waals surface area contributed by atoms with Gasteiger partial charge in [0, 0.05) is 0 Å². The van der Waals surface area contributed by atoms with Crippen LogP contribution in [0.3, 0.4) is 0 Å². The summed E-state index contributed by atoms with van der Waals surface area (Å²) >= 11 is 0. The largest absolute Gasteiger partial charge is 0.480 e.